The Labute approximate surface area is 110 Å². The van der Waals surface area contributed by atoms with Crippen molar-refractivity contribution in [3.63, 3.8) is 0 Å². The van der Waals surface area contributed by atoms with Crippen LogP contribution in [0, 0.1) is 6.07 Å². The van der Waals surface area contributed by atoms with E-state index in [9.17, 15) is 0 Å². The van der Waals surface area contributed by atoms with Gasteiger partial charge < -0.3 is 0 Å². The van der Waals surface area contributed by atoms with E-state index in [0.717, 1.165) is 11.1 Å². The highest BCUT2D eigenvalue weighted by Gasteiger charge is 2.22. The van der Waals surface area contributed by atoms with Crippen molar-refractivity contribution in [2.75, 3.05) is 0 Å². The van der Waals surface area contributed by atoms with Crippen LogP contribution < -0.4 is 0 Å². The van der Waals surface area contributed by atoms with Crippen molar-refractivity contribution in [3.8, 4) is 11.1 Å². The standard InChI is InChI=1S/C13H8Cl3/c14-13(15,16)12-8-4-7-11(9-12)10-5-2-1-3-6-10/h2-9H. The quantitative estimate of drug-likeness (QED) is 0.641. The molecule has 16 heavy (non-hydrogen) atoms. The number of rotatable bonds is 1. The molecule has 0 aliphatic rings. The van der Waals surface area contributed by atoms with Crippen molar-refractivity contribution in [2.45, 2.75) is 3.79 Å². The summed E-state index contributed by atoms with van der Waals surface area (Å²) in [6.45, 7) is 0. The summed E-state index contributed by atoms with van der Waals surface area (Å²) in [7, 11) is 0. The number of benzene rings is 2. The highest BCUT2D eigenvalue weighted by atomic mass is 35.6. The monoisotopic (exact) mass is 269 g/mol. The second-order valence-corrected chi connectivity index (χ2v) is 5.65. The number of alkyl halides is 3. The minimum Gasteiger partial charge on any atom is -0.0784 e. The third kappa shape index (κ3) is 2.70. The van der Waals surface area contributed by atoms with Crippen LogP contribution in [0.1, 0.15) is 5.56 Å². The van der Waals surface area contributed by atoms with E-state index in [1.54, 1.807) is 6.07 Å². The van der Waals surface area contributed by atoms with Gasteiger partial charge in [-0.3, -0.25) is 0 Å². The summed E-state index contributed by atoms with van der Waals surface area (Å²) in [5, 5.41) is 0. The molecule has 3 heteroatoms. The Kier molecular flexibility index (Phi) is 3.44. The summed E-state index contributed by atoms with van der Waals surface area (Å²) in [6, 6.07) is 18.2. The van der Waals surface area contributed by atoms with Crippen molar-refractivity contribution < 1.29 is 0 Å². The Morgan fingerprint density at radius 3 is 2.19 bits per heavy atom. The summed E-state index contributed by atoms with van der Waals surface area (Å²) in [6.07, 6.45) is 0. The maximum Gasteiger partial charge on any atom is 0.216 e. The normalized spacial score (nSPS) is 11.4. The molecule has 0 nitrogen and oxygen atoms in total. The molecule has 81 valence electrons. The van der Waals surface area contributed by atoms with Gasteiger partial charge in [0.25, 0.3) is 0 Å². The van der Waals surface area contributed by atoms with Gasteiger partial charge in [0.2, 0.25) is 3.79 Å². The van der Waals surface area contributed by atoms with Crippen molar-refractivity contribution >= 4 is 34.8 Å². The summed E-state index contributed by atoms with van der Waals surface area (Å²) < 4.78 is -1.38. The van der Waals surface area contributed by atoms with Crippen molar-refractivity contribution in [1.82, 2.24) is 0 Å². The zero-order chi connectivity index (χ0) is 11.6. The smallest absolute Gasteiger partial charge is 0.0784 e. The fourth-order valence-corrected chi connectivity index (χ4v) is 1.81. The SMILES string of the molecule is ClC(Cl)(Cl)c1cccc(-c2cc[c]cc2)c1. The molecule has 2 rings (SSSR count). The van der Waals surface area contributed by atoms with Gasteiger partial charge in [-0.1, -0.05) is 77.3 Å². The molecule has 0 aliphatic carbocycles. The van der Waals surface area contributed by atoms with Gasteiger partial charge in [0.05, 0.1) is 0 Å². The lowest BCUT2D eigenvalue weighted by molar-refractivity contribution is 1.24. The maximum atomic E-state index is 5.84. The second kappa shape index (κ2) is 4.67. The van der Waals surface area contributed by atoms with Crippen LogP contribution in [0.15, 0.2) is 48.5 Å². The van der Waals surface area contributed by atoms with Gasteiger partial charge in [0.1, 0.15) is 0 Å². The van der Waals surface area contributed by atoms with Crippen LogP contribution in [0.5, 0.6) is 0 Å². The summed E-state index contributed by atoms with van der Waals surface area (Å²) in [5.41, 5.74) is 2.77. The zero-order valence-electron chi connectivity index (χ0n) is 8.25. The molecule has 2 aromatic rings. The maximum absolute atomic E-state index is 5.84. The Hall–Kier alpha value is -0.690. The number of halogens is 3. The molecule has 0 aliphatic heterocycles. The fraction of sp³-hybridized carbons (Fsp3) is 0.0769. The average Bonchev–Trinajstić information content (AvgIpc) is 2.29. The summed E-state index contributed by atoms with van der Waals surface area (Å²) in [5.74, 6) is 0. The second-order valence-electron chi connectivity index (χ2n) is 3.37. The first kappa shape index (κ1) is 11.8. The molecule has 0 unspecified atom stereocenters. The molecule has 0 spiro atoms. The van der Waals surface area contributed by atoms with Crippen molar-refractivity contribution in [2.24, 2.45) is 0 Å². The highest BCUT2D eigenvalue weighted by molar-refractivity contribution is 6.66. The van der Waals surface area contributed by atoms with Gasteiger partial charge in [0, 0.05) is 5.56 Å². The first-order valence-electron chi connectivity index (χ1n) is 4.71. The minimum absolute atomic E-state index is 0.669. The molecule has 0 aromatic heterocycles. The summed E-state index contributed by atoms with van der Waals surface area (Å²) >= 11 is 17.5. The number of hydrogen-bond acceptors (Lipinski definition) is 0. The van der Waals surface area contributed by atoms with Crippen LogP contribution in [-0.2, 0) is 3.79 Å². The van der Waals surface area contributed by atoms with E-state index in [2.05, 4.69) is 6.07 Å². The molecule has 0 heterocycles. The molecule has 0 bridgehead atoms. The molecule has 0 saturated heterocycles. The number of hydrogen-bond donors (Lipinski definition) is 0. The minimum atomic E-state index is -1.38. The molecule has 0 saturated carbocycles. The van der Waals surface area contributed by atoms with E-state index in [4.69, 9.17) is 34.8 Å². The van der Waals surface area contributed by atoms with Gasteiger partial charge >= 0.3 is 0 Å². The molecule has 0 atom stereocenters. The van der Waals surface area contributed by atoms with Crippen LogP contribution in [-0.4, -0.2) is 0 Å². The van der Waals surface area contributed by atoms with E-state index < -0.39 is 3.79 Å². The topological polar surface area (TPSA) is 0 Å². The van der Waals surface area contributed by atoms with Gasteiger partial charge in [-0.25, -0.2) is 0 Å². The van der Waals surface area contributed by atoms with Crippen LogP contribution >= 0.6 is 34.8 Å². The molecule has 0 N–H and O–H groups in total. The molecular formula is C13H8Cl3. The lowest BCUT2D eigenvalue weighted by atomic mass is 10.0. The van der Waals surface area contributed by atoms with E-state index in [0.29, 0.717) is 5.56 Å². The third-order valence-electron chi connectivity index (χ3n) is 2.24. The zero-order valence-corrected chi connectivity index (χ0v) is 10.5. The lowest BCUT2D eigenvalue weighted by Crippen LogP contribution is -1.99. The highest BCUT2D eigenvalue weighted by Crippen LogP contribution is 2.39. The third-order valence-corrected chi connectivity index (χ3v) is 2.90. The molecular weight excluding hydrogens is 263 g/mol. The Morgan fingerprint density at radius 2 is 1.56 bits per heavy atom. The van der Waals surface area contributed by atoms with Gasteiger partial charge in [-0.05, 0) is 23.3 Å². The Bertz CT molecular complexity index is 472. The van der Waals surface area contributed by atoms with E-state index >= 15 is 0 Å². The average molecular weight is 271 g/mol. The predicted octanol–water partition coefficient (Wildman–Crippen LogP) is 4.98. The van der Waals surface area contributed by atoms with E-state index in [1.807, 2.05) is 42.5 Å². The Balaban J connectivity index is 2.45. The van der Waals surface area contributed by atoms with Crippen LogP contribution in [0.4, 0.5) is 0 Å². The molecule has 0 amide bonds. The summed E-state index contributed by atoms with van der Waals surface area (Å²) in [4.78, 5) is 0. The van der Waals surface area contributed by atoms with Gasteiger partial charge in [-0.2, -0.15) is 0 Å². The largest absolute Gasteiger partial charge is 0.216 e. The van der Waals surface area contributed by atoms with E-state index in [1.165, 1.54) is 0 Å². The van der Waals surface area contributed by atoms with Gasteiger partial charge in [-0.15, -0.1) is 0 Å². The molecule has 2 aromatic carbocycles. The van der Waals surface area contributed by atoms with Gasteiger partial charge in [0.15, 0.2) is 0 Å². The van der Waals surface area contributed by atoms with Crippen LogP contribution in [0.3, 0.4) is 0 Å². The van der Waals surface area contributed by atoms with Crippen LogP contribution in [0.2, 0.25) is 0 Å². The lowest BCUT2D eigenvalue weighted by Gasteiger charge is -2.12. The van der Waals surface area contributed by atoms with Crippen molar-refractivity contribution in [3.05, 3.63) is 60.2 Å². The Morgan fingerprint density at radius 1 is 0.875 bits per heavy atom. The first-order chi connectivity index (χ1) is 7.57. The van der Waals surface area contributed by atoms with Crippen molar-refractivity contribution in [1.29, 1.82) is 0 Å². The molecule has 0 fully saturated rings. The van der Waals surface area contributed by atoms with E-state index in [-0.39, 0.29) is 0 Å². The predicted molar refractivity (Wildman–Crippen MR) is 70.0 cm³/mol. The fourth-order valence-electron chi connectivity index (χ4n) is 1.45. The first-order valence-corrected chi connectivity index (χ1v) is 5.84. The van der Waals surface area contributed by atoms with Crippen LogP contribution in [0.25, 0.3) is 11.1 Å². The molecule has 1 radical (unpaired) electrons.